The van der Waals surface area contributed by atoms with Gasteiger partial charge in [-0.2, -0.15) is 0 Å². The summed E-state index contributed by atoms with van der Waals surface area (Å²) in [6, 6.07) is 12.8. The molecular formula is C18H18FNO3S. The van der Waals surface area contributed by atoms with E-state index in [1.165, 1.54) is 12.1 Å². The molecule has 0 amide bonds. The molecule has 24 heavy (non-hydrogen) atoms. The lowest BCUT2D eigenvalue weighted by atomic mass is 10.2. The van der Waals surface area contributed by atoms with Gasteiger partial charge in [0, 0.05) is 17.8 Å². The second kappa shape index (κ2) is 6.37. The fourth-order valence-electron chi connectivity index (χ4n) is 2.72. The molecule has 0 saturated carbocycles. The van der Waals surface area contributed by atoms with Crippen molar-refractivity contribution in [3.8, 4) is 0 Å². The van der Waals surface area contributed by atoms with Gasteiger partial charge in [-0.3, -0.25) is 0 Å². The van der Waals surface area contributed by atoms with Crippen LogP contribution in [0.1, 0.15) is 18.2 Å². The minimum atomic E-state index is -3.72. The summed E-state index contributed by atoms with van der Waals surface area (Å²) in [7, 11) is -3.72. The summed E-state index contributed by atoms with van der Waals surface area (Å²) < 4.78 is 46.4. The summed E-state index contributed by atoms with van der Waals surface area (Å²) in [5.41, 5.74) is 1.15. The van der Waals surface area contributed by atoms with Crippen molar-refractivity contribution in [2.45, 2.75) is 31.2 Å². The van der Waals surface area contributed by atoms with Crippen LogP contribution in [0.4, 0.5) is 4.39 Å². The van der Waals surface area contributed by atoms with E-state index in [0.29, 0.717) is 17.7 Å². The Morgan fingerprint density at radius 2 is 1.92 bits per heavy atom. The first-order valence-corrected chi connectivity index (χ1v) is 9.09. The molecule has 4 nitrogen and oxygen atoms in total. The van der Waals surface area contributed by atoms with Crippen molar-refractivity contribution in [2.75, 3.05) is 0 Å². The van der Waals surface area contributed by atoms with Gasteiger partial charge in [-0.25, -0.2) is 17.5 Å². The van der Waals surface area contributed by atoms with Crippen LogP contribution in [0.3, 0.4) is 0 Å². The Labute approximate surface area is 140 Å². The number of aryl methyl sites for hydroxylation is 1. The van der Waals surface area contributed by atoms with Gasteiger partial charge >= 0.3 is 0 Å². The van der Waals surface area contributed by atoms with Crippen molar-refractivity contribution in [3.63, 3.8) is 0 Å². The van der Waals surface area contributed by atoms with Gasteiger partial charge in [0.2, 0.25) is 10.0 Å². The van der Waals surface area contributed by atoms with Crippen molar-refractivity contribution < 1.29 is 17.2 Å². The maximum Gasteiger partial charge on any atom is 0.241 e. The fourth-order valence-corrected chi connectivity index (χ4v) is 4.19. The molecular weight excluding hydrogens is 329 g/mol. The van der Waals surface area contributed by atoms with Crippen molar-refractivity contribution in [1.29, 1.82) is 0 Å². The van der Waals surface area contributed by atoms with E-state index in [0.717, 1.165) is 17.0 Å². The van der Waals surface area contributed by atoms with Gasteiger partial charge in [-0.1, -0.05) is 18.2 Å². The van der Waals surface area contributed by atoms with Gasteiger partial charge in [0.25, 0.3) is 0 Å². The normalized spacial score (nSPS) is 13.3. The van der Waals surface area contributed by atoms with Crippen LogP contribution < -0.4 is 4.72 Å². The minimum Gasteiger partial charge on any atom is -0.461 e. The summed E-state index contributed by atoms with van der Waals surface area (Å²) in [5, 5.41) is 0.983. The Morgan fingerprint density at radius 1 is 1.17 bits per heavy atom. The summed E-state index contributed by atoms with van der Waals surface area (Å²) in [5.74, 6) is 0.254. The van der Waals surface area contributed by atoms with Gasteiger partial charge in [0.05, 0.1) is 4.90 Å². The molecule has 2 aromatic carbocycles. The van der Waals surface area contributed by atoms with E-state index in [-0.39, 0.29) is 10.9 Å². The molecule has 0 aliphatic rings. The molecule has 126 valence electrons. The molecule has 1 heterocycles. The zero-order chi connectivity index (χ0) is 17.3. The van der Waals surface area contributed by atoms with Gasteiger partial charge in [-0.05, 0) is 49.7 Å². The maximum absolute atomic E-state index is 13.2. The average molecular weight is 347 g/mol. The third-order valence-corrected chi connectivity index (χ3v) is 5.52. The number of rotatable bonds is 5. The van der Waals surface area contributed by atoms with E-state index in [9.17, 15) is 12.8 Å². The average Bonchev–Trinajstić information content (AvgIpc) is 2.87. The molecule has 1 N–H and O–H groups in total. The molecule has 0 bridgehead atoms. The van der Waals surface area contributed by atoms with Gasteiger partial charge in [-0.15, -0.1) is 0 Å². The molecule has 0 aliphatic heterocycles. The Bertz CT molecular complexity index is 946. The number of sulfonamides is 1. The predicted molar refractivity (Wildman–Crippen MR) is 90.8 cm³/mol. The Hall–Kier alpha value is -2.18. The van der Waals surface area contributed by atoms with Gasteiger partial charge in [0.1, 0.15) is 17.2 Å². The lowest BCUT2D eigenvalue weighted by molar-refractivity contribution is 0.504. The zero-order valence-electron chi connectivity index (χ0n) is 13.4. The smallest absolute Gasteiger partial charge is 0.241 e. The van der Waals surface area contributed by atoms with E-state index >= 15 is 0 Å². The number of nitrogens with one attached hydrogen (secondary N) is 1. The van der Waals surface area contributed by atoms with E-state index in [1.54, 1.807) is 13.8 Å². The number of halogens is 1. The molecule has 3 rings (SSSR count). The maximum atomic E-state index is 13.2. The summed E-state index contributed by atoms with van der Waals surface area (Å²) in [4.78, 5) is 0.0837. The number of para-hydroxylation sites is 1. The molecule has 0 unspecified atom stereocenters. The van der Waals surface area contributed by atoms with Crippen molar-refractivity contribution >= 4 is 21.0 Å². The van der Waals surface area contributed by atoms with E-state index < -0.39 is 15.8 Å². The highest BCUT2D eigenvalue weighted by molar-refractivity contribution is 7.89. The first kappa shape index (κ1) is 16.7. The van der Waals surface area contributed by atoms with Crippen LogP contribution in [0.15, 0.2) is 57.8 Å². The first-order chi connectivity index (χ1) is 11.3. The molecule has 3 aromatic rings. The number of fused-ring (bicyclic) bond motifs is 1. The topological polar surface area (TPSA) is 59.3 Å². The Kier molecular flexibility index (Phi) is 4.43. The predicted octanol–water partition coefficient (Wildman–Crippen LogP) is 3.79. The third kappa shape index (κ3) is 3.49. The second-order valence-corrected chi connectivity index (χ2v) is 7.57. The van der Waals surface area contributed by atoms with Crippen molar-refractivity contribution in [1.82, 2.24) is 4.72 Å². The monoisotopic (exact) mass is 347 g/mol. The van der Waals surface area contributed by atoms with Gasteiger partial charge in [0.15, 0.2) is 0 Å². The minimum absolute atomic E-state index is 0.0837. The van der Waals surface area contributed by atoms with Crippen LogP contribution in [0, 0.1) is 12.7 Å². The standard InChI is InChI=1S/C18H18FNO3S/c1-12-9-15(19)7-8-18(12)24(21,22)20-13(2)10-16-11-14-5-3-4-6-17(14)23-16/h3-9,11,13,20H,10H2,1-2H3/t13-/m0/s1. The lowest BCUT2D eigenvalue weighted by Crippen LogP contribution is -2.34. The first-order valence-electron chi connectivity index (χ1n) is 7.61. The van der Waals surface area contributed by atoms with Crippen LogP contribution in [-0.2, 0) is 16.4 Å². The van der Waals surface area contributed by atoms with Crippen molar-refractivity contribution in [3.05, 3.63) is 65.7 Å². The van der Waals surface area contributed by atoms with Crippen LogP contribution in [0.25, 0.3) is 11.0 Å². The highest BCUT2D eigenvalue weighted by Gasteiger charge is 2.20. The van der Waals surface area contributed by atoms with Gasteiger partial charge < -0.3 is 4.42 Å². The molecule has 1 atom stereocenters. The van der Waals surface area contributed by atoms with Crippen molar-refractivity contribution in [2.24, 2.45) is 0 Å². The molecule has 6 heteroatoms. The summed E-state index contributed by atoms with van der Waals surface area (Å²) in [6.07, 6.45) is 0.425. The largest absolute Gasteiger partial charge is 0.461 e. The second-order valence-electron chi connectivity index (χ2n) is 5.89. The number of hydrogen-bond donors (Lipinski definition) is 1. The molecule has 0 aliphatic carbocycles. The number of benzene rings is 2. The quantitative estimate of drug-likeness (QED) is 0.764. The number of furan rings is 1. The molecule has 0 fully saturated rings. The zero-order valence-corrected chi connectivity index (χ0v) is 14.2. The summed E-state index contributed by atoms with van der Waals surface area (Å²) in [6.45, 7) is 3.34. The van der Waals surface area contributed by atoms with Crippen LogP contribution in [-0.4, -0.2) is 14.5 Å². The molecule has 1 aromatic heterocycles. The fraction of sp³-hybridized carbons (Fsp3) is 0.222. The SMILES string of the molecule is Cc1cc(F)ccc1S(=O)(=O)N[C@@H](C)Cc1cc2ccccc2o1. The van der Waals surface area contributed by atoms with Crippen LogP contribution in [0.5, 0.6) is 0 Å². The lowest BCUT2D eigenvalue weighted by Gasteiger charge is -2.14. The summed E-state index contributed by atoms with van der Waals surface area (Å²) >= 11 is 0. The molecule has 0 saturated heterocycles. The van der Waals surface area contributed by atoms with E-state index in [2.05, 4.69) is 4.72 Å². The number of hydrogen-bond acceptors (Lipinski definition) is 3. The molecule has 0 radical (unpaired) electrons. The Morgan fingerprint density at radius 3 is 2.62 bits per heavy atom. The highest BCUT2D eigenvalue weighted by atomic mass is 32.2. The van der Waals surface area contributed by atoms with Crippen LogP contribution in [0.2, 0.25) is 0 Å². The highest BCUT2D eigenvalue weighted by Crippen LogP contribution is 2.21. The Balaban J connectivity index is 1.76. The van der Waals surface area contributed by atoms with E-state index in [4.69, 9.17) is 4.42 Å². The third-order valence-electron chi connectivity index (χ3n) is 3.77. The molecule has 0 spiro atoms. The van der Waals surface area contributed by atoms with Crippen LogP contribution >= 0.6 is 0 Å². The van der Waals surface area contributed by atoms with E-state index in [1.807, 2.05) is 30.3 Å².